The first kappa shape index (κ1) is 44.3. The van der Waals surface area contributed by atoms with Crippen molar-refractivity contribution >= 4 is 66.2 Å². The highest BCUT2D eigenvalue weighted by atomic mass is 32.1. The number of hydrogen-bond acceptors (Lipinski definition) is 11. The summed E-state index contributed by atoms with van der Waals surface area (Å²) in [7, 11) is 1.55. The molecule has 0 aliphatic rings. The fourth-order valence-corrected chi connectivity index (χ4v) is 11.0. The monoisotopic (exact) mass is 929 g/mol. The van der Waals surface area contributed by atoms with E-state index in [0.717, 1.165) is 21.1 Å². The van der Waals surface area contributed by atoms with Crippen LogP contribution in [0.4, 0.5) is 4.39 Å². The van der Waals surface area contributed by atoms with Crippen molar-refractivity contribution < 1.29 is 4.39 Å². The number of pyridine rings is 1. The van der Waals surface area contributed by atoms with Crippen LogP contribution >= 0.6 is 11.3 Å². The van der Waals surface area contributed by atoms with Crippen LogP contribution in [0.25, 0.3) is 92.3 Å². The summed E-state index contributed by atoms with van der Waals surface area (Å²) in [6.07, 6.45) is 3.19. The zero-order chi connectivity index (χ0) is 49.5. The summed E-state index contributed by atoms with van der Waals surface area (Å²) in [4.78, 5) is 13.9. The van der Waals surface area contributed by atoms with Crippen molar-refractivity contribution in [2.24, 2.45) is 9.98 Å². The van der Waals surface area contributed by atoms with E-state index in [0.29, 0.717) is 71.2 Å². The first-order valence-electron chi connectivity index (χ1n) is 21.6. The van der Waals surface area contributed by atoms with Gasteiger partial charge < -0.3 is 4.57 Å². The molecule has 0 amide bonds. The summed E-state index contributed by atoms with van der Waals surface area (Å²) >= 11 is 1.40. The molecule has 0 bridgehead atoms. The number of halogens is 1. The molecule has 0 fully saturated rings. The van der Waals surface area contributed by atoms with E-state index in [1.807, 2.05) is 59.2 Å². The summed E-state index contributed by atoms with van der Waals surface area (Å²) < 4.78 is 18.2. The van der Waals surface area contributed by atoms with Crippen molar-refractivity contribution in [3.63, 3.8) is 0 Å². The van der Waals surface area contributed by atoms with Crippen LogP contribution in [0.2, 0.25) is 0 Å². The second-order valence-electron chi connectivity index (χ2n) is 16.3. The second kappa shape index (κ2) is 17.9. The number of para-hydroxylation sites is 1. The summed E-state index contributed by atoms with van der Waals surface area (Å²) in [5, 5.41) is 78.0. The molecule has 10 aromatic rings. The maximum absolute atomic E-state index is 14.8. The molecular formula is C58H28FN11S. The van der Waals surface area contributed by atoms with E-state index < -0.39 is 0 Å². The van der Waals surface area contributed by atoms with Crippen LogP contribution in [0.15, 0.2) is 131 Å². The number of benzene rings is 7. The minimum absolute atomic E-state index is 0.00580. The topological polar surface area (TPSA) is 209 Å². The van der Waals surface area contributed by atoms with Gasteiger partial charge in [0.05, 0.1) is 117 Å². The molecule has 3 heterocycles. The first-order chi connectivity index (χ1) is 34.7. The molecule has 0 saturated heterocycles. The number of rotatable bonds is 8. The summed E-state index contributed by atoms with van der Waals surface area (Å²) in [6.45, 7) is 3.77. The van der Waals surface area contributed by atoms with Crippen molar-refractivity contribution in [2.45, 2.75) is 6.54 Å². The van der Waals surface area contributed by atoms with Crippen molar-refractivity contribution in [1.82, 2.24) is 9.55 Å². The maximum atomic E-state index is 14.8. The van der Waals surface area contributed by atoms with Gasteiger partial charge in [0, 0.05) is 88.7 Å². The van der Waals surface area contributed by atoms with Crippen molar-refractivity contribution in [3.8, 4) is 92.8 Å². The molecule has 0 unspecified atom stereocenters. The molecule has 3 aromatic heterocycles. The van der Waals surface area contributed by atoms with Crippen LogP contribution < -0.4 is 0 Å². The molecular weight excluding hydrogens is 902 g/mol. The molecule has 13 heteroatoms. The number of nitrogens with zero attached hydrogens (tertiary/aromatic N) is 11. The van der Waals surface area contributed by atoms with Crippen LogP contribution in [0.5, 0.6) is 0 Å². The van der Waals surface area contributed by atoms with E-state index in [2.05, 4.69) is 59.2 Å². The van der Waals surface area contributed by atoms with Gasteiger partial charge in [0.1, 0.15) is 5.82 Å². The van der Waals surface area contributed by atoms with Gasteiger partial charge in [-0.15, -0.1) is 11.3 Å². The molecule has 0 aliphatic carbocycles. The van der Waals surface area contributed by atoms with Gasteiger partial charge in [-0.25, -0.2) is 4.39 Å². The Morgan fingerprint density at radius 1 is 0.592 bits per heavy atom. The van der Waals surface area contributed by atoms with E-state index in [9.17, 15) is 41.2 Å². The van der Waals surface area contributed by atoms with Crippen LogP contribution in [-0.4, -0.2) is 29.5 Å². The summed E-state index contributed by atoms with van der Waals surface area (Å²) in [5.74, 6) is -0.389. The molecule has 7 aromatic carbocycles. The van der Waals surface area contributed by atoms with Gasteiger partial charge in [-0.1, -0.05) is 36.4 Å². The quantitative estimate of drug-likeness (QED) is 0.133. The fourth-order valence-electron chi connectivity index (χ4n) is 9.73. The van der Waals surface area contributed by atoms with Gasteiger partial charge in [0.25, 0.3) is 0 Å². The average molecular weight is 930 g/mol. The number of aromatic nitrogens is 2. The molecule has 11 nitrogen and oxygen atoms in total. The van der Waals surface area contributed by atoms with Gasteiger partial charge in [0.2, 0.25) is 0 Å². The Morgan fingerprint density at radius 3 is 1.83 bits per heavy atom. The largest absolute Gasteiger partial charge is 0.308 e. The van der Waals surface area contributed by atoms with E-state index in [1.54, 1.807) is 37.5 Å². The molecule has 0 saturated carbocycles. The van der Waals surface area contributed by atoms with Gasteiger partial charge in [-0.05, 0) is 91.1 Å². The van der Waals surface area contributed by atoms with Gasteiger partial charge >= 0.3 is 0 Å². The highest BCUT2D eigenvalue weighted by Gasteiger charge is 2.34. The summed E-state index contributed by atoms with van der Waals surface area (Å²) in [6, 6.07) is 48.1. The third kappa shape index (κ3) is 7.07. The minimum Gasteiger partial charge on any atom is -0.308 e. The number of hydrogen-bond donors (Lipinski definition) is 0. The lowest BCUT2D eigenvalue weighted by atomic mass is 9.76. The molecule has 0 aliphatic heterocycles. The highest BCUT2D eigenvalue weighted by molar-refractivity contribution is 7.26. The number of thiophene rings is 1. The Balaban J connectivity index is 1.52. The standard InChI is InChI=1S/C58H28FN11S/c1-67-29-39-19-33(23-61)17-37(27-65)51(39)56-54(46-13-12-42(31-69-46)70-47-9-5-3-7-43(47)45-21-41(59)11-14-48(45)70)57(52-38(28-66)18-34(24-62)20-40(52)30-68-2)58-53(44-8-4-6-10-49(44)71-58)55(56)50-35(25-63)15-32(22-60)16-36(50)26-64/h3-21,29,31H,2,30H2,1H3. The van der Waals surface area contributed by atoms with Gasteiger partial charge in [0.15, 0.2) is 0 Å². The molecule has 0 spiro atoms. The molecule has 0 N–H and O–H groups in total. The molecule has 0 radical (unpaired) electrons. The van der Waals surface area contributed by atoms with E-state index in [1.165, 1.54) is 53.9 Å². The van der Waals surface area contributed by atoms with Crippen molar-refractivity contribution in [3.05, 3.63) is 177 Å². The van der Waals surface area contributed by atoms with E-state index >= 15 is 0 Å². The smallest absolute Gasteiger partial charge is 0.123 e. The van der Waals surface area contributed by atoms with Crippen molar-refractivity contribution in [2.75, 3.05) is 7.05 Å². The van der Waals surface area contributed by atoms with E-state index in [4.69, 9.17) is 4.98 Å². The third-order valence-electron chi connectivity index (χ3n) is 12.4. The van der Waals surface area contributed by atoms with Crippen LogP contribution in [-0.2, 0) is 6.54 Å². The summed E-state index contributed by atoms with van der Waals surface area (Å²) in [5.41, 5.74) is 6.14. The zero-order valence-electron chi connectivity index (χ0n) is 37.2. The number of nitriles is 7. The van der Waals surface area contributed by atoms with Crippen molar-refractivity contribution in [1.29, 1.82) is 36.8 Å². The molecule has 71 heavy (non-hydrogen) atoms. The van der Waals surface area contributed by atoms with Crippen LogP contribution in [0.1, 0.15) is 50.1 Å². The lowest BCUT2D eigenvalue weighted by Crippen LogP contribution is -2.06. The number of aliphatic imine (C=N–C) groups is 2. The lowest BCUT2D eigenvalue weighted by molar-refractivity contribution is 0.629. The Bertz CT molecular complexity index is 4300. The Kier molecular flexibility index (Phi) is 11.2. The Hall–Kier alpha value is -10.6. The predicted molar refractivity (Wildman–Crippen MR) is 273 cm³/mol. The SMILES string of the molecule is C=NCc1cc(C#N)cc(C#N)c1-c1c(-c2ccc(-n3c4ccccc4c4cc(F)ccc43)cn2)c(-c2c(C#N)cc(C#N)cc2C=NC)c(-c2c(C#N)cc(C#N)cc2C#N)c2c1sc1ccccc12. The van der Waals surface area contributed by atoms with Crippen LogP contribution in [0, 0.1) is 85.1 Å². The minimum atomic E-state index is -0.389. The molecule has 10 rings (SSSR count). The average Bonchev–Trinajstić information content (AvgIpc) is 3.95. The predicted octanol–water partition coefficient (Wildman–Crippen LogP) is 12.7. The third-order valence-corrected chi connectivity index (χ3v) is 13.6. The first-order valence-corrected chi connectivity index (χ1v) is 22.4. The maximum Gasteiger partial charge on any atom is 0.123 e. The van der Waals surface area contributed by atoms with Gasteiger partial charge in [-0.2, -0.15) is 36.8 Å². The Labute approximate surface area is 408 Å². The second-order valence-corrected chi connectivity index (χ2v) is 17.3. The normalized spacial score (nSPS) is 10.9. The lowest BCUT2D eigenvalue weighted by Gasteiger charge is -2.26. The molecule has 328 valence electrons. The molecule has 0 atom stereocenters. The highest BCUT2D eigenvalue weighted by Crippen LogP contribution is 2.57. The zero-order valence-corrected chi connectivity index (χ0v) is 38.1. The Morgan fingerprint density at radius 2 is 1.20 bits per heavy atom. The fraction of sp³-hybridized carbons (Fsp3) is 0.0345. The van der Waals surface area contributed by atoms with E-state index in [-0.39, 0.29) is 62.4 Å². The van der Waals surface area contributed by atoms with Gasteiger partial charge in [-0.3, -0.25) is 15.0 Å². The van der Waals surface area contributed by atoms with Crippen LogP contribution in [0.3, 0.4) is 0 Å². The number of fused-ring (bicyclic) bond motifs is 6.